The fraction of sp³-hybridized carbons (Fsp3) is 0.500. The van der Waals surface area contributed by atoms with Gasteiger partial charge in [-0.2, -0.15) is 0 Å². The summed E-state index contributed by atoms with van der Waals surface area (Å²) in [5.74, 6) is -0.300. The number of ether oxygens (including phenoxy) is 1. The molecule has 0 N–H and O–H groups in total. The summed E-state index contributed by atoms with van der Waals surface area (Å²) < 4.78 is 6.79. The molecule has 21 heavy (non-hydrogen) atoms. The number of aryl methyl sites for hydroxylation is 1. The summed E-state index contributed by atoms with van der Waals surface area (Å²) in [4.78, 5) is 30.3. The molecule has 2 aromatic rings. The first-order chi connectivity index (χ1) is 10.0. The van der Waals surface area contributed by atoms with Gasteiger partial charge >= 0.3 is 5.97 Å². The third-order valence-electron chi connectivity index (χ3n) is 3.12. The van der Waals surface area contributed by atoms with Gasteiger partial charge in [0.15, 0.2) is 4.96 Å². The fourth-order valence-electron chi connectivity index (χ4n) is 1.98. The highest BCUT2D eigenvalue weighted by Gasteiger charge is 2.15. The monoisotopic (exact) mass is 309 g/mol. The predicted octanol–water partition coefficient (Wildman–Crippen LogP) is 1.66. The van der Waals surface area contributed by atoms with E-state index in [1.165, 1.54) is 11.3 Å². The van der Waals surface area contributed by atoms with E-state index in [1.54, 1.807) is 18.9 Å². The van der Waals surface area contributed by atoms with Crippen molar-refractivity contribution >= 4 is 28.2 Å². The summed E-state index contributed by atoms with van der Waals surface area (Å²) in [7, 11) is 1.70. The molecule has 0 saturated heterocycles. The lowest BCUT2D eigenvalue weighted by Crippen LogP contribution is -2.31. The summed E-state index contributed by atoms with van der Waals surface area (Å²) >= 11 is 1.52. The molecule has 0 fully saturated rings. The third kappa shape index (κ3) is 3.81. The second kappa shape index (κ2) is 6.71. The van der Waals surface area contributed by atoms with Crippen LogP contribution in [0, 0.1) is 6.92 Å². The van der Waals surface area contributed by atoms with Gasteiger partial charge in [-0.1, -0.05) is 0 Å². The van der Waals surface area contributed by atoms with Crippen LogP contribution in [0.3, 0.4) is 0 Å². The highest BCUT2D eigenvalue weighted by Crippen LogP contribution is 2.17. The molecule has 0 atom stereocenters. The van der Waals surface area contributed by atoms with E-state index >= 15 is 0 Å². The van der Waals surface area contributed by atoms with E-state index in [-0.39, 0.29) is 18.3 Å². The lowest BCUT2D eigenvalue weighted by atomic mass is 10.3. The molecule has 2 aromatic heterocycles. The van der Waals surface area contributed by atoms with Crippen molar-refractivity contribution in [2.45, 2.75) is 26.7 Å². The van der Waals surface area contributed by atoms with Crippen LogP contribution in [0.5, 0.6) is 0 Å². The van der Waals surface area contributed by atoms with E-state index in [1.807, 2.05) is 22.9 Å². The number of thiazole rings is 1. The van der Waals surface area contributed by atoms with E-state index in [4.69, 9.17) is 4.74 Å². The average molecular weight is 309 g/mol. The summed E-state index contributed by atoms with van der Waals surface area (Å²) in [6, 6.07) is 0. The van der Waals surface area contributed by atoms with E-state index in [9.17, 15) is 9.59 Å². The minimum Gasteiger partial charge on any atom is -0.466 e. The molecule has 114 valence electrons. The number of hydrogen-bond acceptors (Lipinski definition) is 5. The summed E-state index contributed by atoms with van der Waals surface area (Å²) in [5.41, 5.74) is 1.86. The van der Waals surface area contributed by atoms with Crippen molar-refractivity contribution in [3.05, 3.63) is 23.0 Å². The Hall–Kier alpha value is -1.89. The van der Waals surface area contributed by atoms with Crippen molar-refractivity contribution in [3.63, 3.8) is 0 Å². The lowest BCUT2D eigenvalue weighted by molar-refractivity contribution is -0.143. The number of nitrogens with zero attached hydrogens (tertiary/aromatic N) is 3. The van der Waals surface area contributed by atoms with Crippen molar-refractivity contribution in [2.24, 2.45) is 0 Å². The highest BCUT2D eigenvalue weighted by atomic mass is 32.1. The van der Waals surface area contributed by atoms with Crippen LogP contribution in [0.1, 0.15) is 24.7 Å². The van der Waals surface area contributed by atoms with E-state index in [2.05, 4.69) is 4.98 Å². The first kappa shape index (κ1) is 15.5. The van der Waals surface area contributed by atoms with Crippen molar-refractivity contribution in [3.8, 4) is 0 Å². The van der Waals surface area contributed by atoms with Gasteiger partial charge in [-0.3, -0.25) is 14.0 Å². The Balaban J connectivity index is 1.92. The normalized spacial score (nSPS) is 10.8. The number of imidazole rings is 1. The Labute approximate surface area is 127 Å². The van der Waals surface area contributed by atoms with Crippen LogP contribution in [0.25, 0.3) is 4.96 Å². The standard InChI is InChI=1S/C14H19N3O3S/c1-4-20-13(19)5-6-16(3)12(18)7-11-9-21-14-15-10(2)8-17(11)14/h8-9H,4-7H2,1-3H3. The minimum atomic E-state index is -0.277. The van der Waals surface area contributed by atoms with Crippen LogP contribution < -0.4 is 0 Å². The second-order valence-corrected chi connectivity index (χ2v) is 5.65. The molecule has 0 aliphatic rings. The molecule has 0 bridgehead atoms. The number of aromatic nitrogens is 2. The van der Waals surface area contributed by atoms with Gasteiger partial charge < -0.3 is 9.64 Å². The zero-order valence-electron chi connectivity index (χ0n) is 12.5. The third-order valence-corrected chi connectivity index (χ3v) is 4.01. The Morgan fingerprint density at radius 2 is 2.24 bits per heavy atom. The van der Waals surface area contributed by atoms with E-state index in [0.717, 1.165) is 16.3 Å². The number of hydrogen-bond donors (Lipinski definition) is 0. The van der Waals surface area contributed by atoms with Gasteiger partial charge in [0, 0.05) is 30.9 Å². The van der Waals surface area contributed by atoms with Crippen molar-refractivity contribution in [1.29, 1.82) is 0 Å². The van der Waals surface area contributed by atoms with Crippen LogP contribution in [0.2, 0.25) is 0 Å². The van der Waals surface area contributed by atoms with Crippen LogP contribution in [-0.4, -0.2) is 46.4 Å². The molecule has 1 amide bonds. The second-order valence-electron chi connectivity index (χ2n) is 4.81. The van der Waals surface area contributed by atoms with Gasteiger partial charge in [0.05, 0.1) is 25.1 Å². The van der Waals surface area contributed by atoms with Gasteiger partial charge in [-0.05, 0) is 13.8 Å². The quantitative estimate of drug-likeness (QED) is 0.761. The van der Waals surface area contributed by atoms with Gasteiger partial charge in [0.25, 0.3) is 0 Å². The average Bonchev–Trinajstić information content (AvgIpc) is 2.97. The zero-order chi connectivity index (χ0) is 15.4. The smallest absolute Gasteiger partial charge is 0.307 e. The van der Waals surface area contributed by atoms with Gasteiger partial charge in [0.1, 0.15) is 0 Å². The number of carbonyl (C=O) groups excluding carboxylic acids is 2. The van der Waals surface area contributed by atoms with Gasteiger partial charge in [-0.25, -0.2) is 4.98 Å². The highest BCUT2D eigenvalue weighted by molar-refractivity contribution is 7.15. The SMILES string of the molecule is CCOC(=O)CCN(C)C(=O)Cc1csc2nc(C)cn12. The Bertz CT molecular complexity index is 647. The maximum atomic E-state index is 12.2. The molecular formula is C14H19N3O3S. The Morgan fingerprint density at radius 3 is 2.95 bits per heavy atom. The summed E-state index contributed by atoms with van der Waals surface area (Å²) in [6.45, 7) is 4.43. The largest absolute Gasteiger partial charge is 0.466 e. The molecule has 0 saturated carbocycles. The maximum absolute atomic E-state index is 12.2. The molecule has 0 aliphatic carbocycles. The van der Waals surface area contributed by atoms with Crippen LogP contribution >= 0.6 is 11.3 Å². The fourth-order valence-corrected chi connectivity index (χ4v) is 2.89. The number of carbonyl (C=O) groups is 2. The Kier molecular flexibility index (Phi) is 4.95. The Morgan fingerprint density at radius 1 is 1.48 bits per heavy atom. The first-order valence-electron chi connectivity index (χ1n) is 6.83. The molecule has 2 rings (SSSR count). The van der Waals surface area contributed by atoms with Crippen molar-refractivity contribution < 1.29 is 14.3 Å². The summed E-state index contributed by atoms with van der Waals surface area (Å²) in [6.07, 6.45) is 2.45. The number of amides is 1. The zero-order valence-corrected chi connectivity index (χ0v) is 13.3. The van der Waals surface area contributed by atoms with Gasteiger partial charge in [-0.15, -0.1) is 11.3 Å². The predicted molar refractivity (Wildman–Crippen MR) is 80.4 cm³/mol. The topological polar surface area (TPSA) is 63.9 Å². The van der Waals surface area contributed by atoms with Crippen LogP contribution in [0.15, 0.2) is 11.6 Å². The number of fused-ring (bicyclic) bond motifs is 1. The number of likely N-dealkylation sites (N-methyl/N-ethyl adjacent to an activating group) is 1. The molecular weight excluding hydrogens is 290 g/mol. The molecule has 2 heterocycles. The molecule has 0 aliphatic heterocycles. The molecule has 6 nitrogen and oxygen atoms in total. The van der Waals surface area contributed by atoms with Crippen molar-refractivity contribution in [1.82, 2.24) is 14.3 Å². The number of esters is 1. The minimum absolute atomic E-state index is 0.0228. The van der Waals surface area contributed by atoms with Crippen LogP contribution in [0.4, 0.5) is 0 Å². The van der Waals surface area contributed by atoms with E-state index < -0.39 is 0 Å². The van der Waals surface area contributed by atoms with Gasteiger partial charge in [0.2, 0.25) is 5.91 Å². The van der Waals surface area contributed by atoms with E-state index in [0.29, 0.717) is 19.6 Å². The molecule has 0 radical (unpaired) electrons. The van der Waals surface area contributed by atoms with Crippen LogP contribution in [-0.2, 0) is 20.7 Å². The van der Waals surface area contributed by atoms with Crippen molar-refractivity contribution in [2.75, 3.05) is 20.2 Å². The summed E-state index contributed by atoms with van der Waals surface area (Å²) in [5, 5.41) is 1.94. The number of rotatable bonds is 6. The molecule has 7 heteroatoms. The lowest BCUT2D eigenvalue weighted by Gasteiger charge is -2.16. The molecule has 0 unspecified atom stereocenters. The molecule has 0 aromatic carbocycles. The first-order valence-corrected chi connectivity index (χ1v) is 7.71. The molecule has 0 spiro atoms. The maximum Gasteiger partial charge on any atom is 0.307 e.